The Balaban J connectivity index is 1.48. The summed E-state index contributed by atoms with van der Waals surface area (Å²) in [6.45, 7) is -0.743. The van der Waals surface area contributed by atoms with Crippen LogP contribution in [0.4, 0.5) is 0 Å². The highest BCUT2D eigenvalue weighted by Gasteiger charge is 2.40. The summed E-state index contributed by atoms with van der Waals surface area (Å²) in [5.41, 5.74) is -1.07. The van der Waals surface area contributed by atoms with Crippen molar-refractivity contribution in [3.05, 3.63) is 48.8 Å². The van der Waals surface area contributed by atoms with Crippen LogP contribution in [0.1, 0.15) is 6.42 Å². The molecule has 0 spiro atoms. The third-order valence-electron chi connectivity index (χ3n) is 6.01. The lowest BCUT2D eigenvalue weighted by atomic mass is 9.91. The summed E-state index contributed by atoms with van der Waals surface area (Å²) >= 11 is 0. The van der Waals surface area contributed by atoms with Crippen LogP contribution in [0.15, 0.2) is 48.8 Å². The first-order valence-electron chi connectivity index (χ1n) is 11.8. The number of carbonyl (C=O) groups is 4. The fourth-order valence-electron chi connectivity index (χ4n) is 3.63. The Labute approximate surface area is 212 Å². The van der Waals surface area contributed by atoms with Gasteiger partial charge in [0, 0.05) is 6.42 Å². The maximum atomic E-state index is 12.6. The predicted octanol–water partition coefficient (Wildman–Crippen LogP) is 0.930. The summed E-state index contributed by atoms with van der Waals surface area (Å²) in [5.74, 6) is -4.26. The fraction of sp³-hybridized carbons (Fsp3) is 0.520. The lowest BCUT2D eigenvalue weighted by Crippen LogP contribution is -2.45. The SMILES string of the molecule is O=C(OCC(COC(=O)C1C=COC1)(COC(=O)C1C=COC1)COC(=O)C1C=COC1)C1=COCC1. The van der Waals surface area contributed by atoms with E-state index in [0.29, 0.717) is 18.6 Å². The molecular weight excluding hydrogens is 492 g/mol. The van der Waals surface area contributed by atoms with Gasteiger partial charge >= 0.3 is 23.9 Å². The van der Waals surface area contributed by atoms with Gasteiger partial charge in [0.15, 0.2) is 0 Å². The maximum Gasteiger partial charge on any atom is 0.337 e. The Kier molecular flexibility index (Phi) is 8.70. The van der Waals surface area contributed by atoms with Crippen LogP contribution in [0.3, 0.4) is 0 Å². The molecule has 0 fully saturated rings. The van der Waals surface area contributed by atoms with Crippen LogP contribution in [0.2, 0.25) is 0 Å². The Bertz CT molecular complexity index is 901. The summed E-state index contributed by atoms with van der Waals surface area (Å²) in [7, 11) is 0. The summed E-state index contributed by atoms with van der Waals surface area (Å²) in [6, 6.07) is 0. The zero-order valence-corrected chi connectivity index (χ0v) is 20.0. The highest BCUT2D eigenvalue weighted by Crippen LogP contribution is 2.26. The molecule has 0 saturated heterocycles. The third kappa shape index (κ3) is 7.05. The van der Waals surface area contributed by atoms with Crippen LogP contribution in [0.25, 0.3) is 0 Å². The Morgan fingerprint density at radius 1 is 0.676 bits per heavy atom. The van der Waals surface area contributed by atoms with Crippen molar-refractivity contribution in [3.63, 3.8) is 0 Å². The second-order valence-corrected chi connectivity index (χ2v) is 8.97. The van der Waals surface area contributed by atoms with E-state index >= 15 is 0 Å². The van der Waals surface area contributed by atoms with Gasteiger partial charge in [0.05, 0.1) is 37.2 Å². The highest BCUT2D eigenvalue weighted by atomic mass is 16.6. The number of esters is 4. The molecule has 12 heteroatoms. The van der Waals surface area contributed by atoms with Gasteiger partial charge in [-0.3, -0.25) is 14.4 Å². The quantitative estimate of drug-likeness (QED) is 0.267. The first-order valence-corrected chi connectivity index (χ1v) is 11.8. The van der Waals surface area contributed by atoms with Crippen LogP contribution < -0.4 is 0 Å². The fourth-order valence-corrected chi connectivity index (χ4v) is 3.63. The minimum atomic E-state index is -1.40. The van der Waals surface area contributed by atoms with Crippen LogP contribution >= 0.6 is 0 Å². The lowest BCUT2D eigenvalue weighted by molar-refractivity contribution is -0.172. The molecule has 0 amide bonds. The molecule has 0 aromatic rings. The van der Waals surface area contributed by atoms with Crippen molar-refractivity contribution in [2.45, 2.75) is 6.42 Å². The van der Waals surface area contributed by atoms with Crippen LogP contribution in [0.5, 0.6) is 0 Å². The second kappa shape index (κ2) is 12.3. The molecule has 0 aliphatic carbocycles. The van der Waals surface area contributed by atoms with E-state index < -0.39 is 47.0 Å². The normalized spacial score (nSPS) is 24.6. The summed E-state index contributed by atoms with van der Waals surface area (Å²) in [5, 5.41) is 0. The predicted molar refractivity (Wildman–Crippen MR) is 121 cm³/mol. The van der Waals surface area contributed by atoms with E-state index in [-0.39, 0.29) is 46.2 Å². The number of hydrogen-bond acceptors (Lipinski definition) is 12. The first kappa shape index (κ1) is 26.1. The zero-order chi connectivity index (χ0) is 26.1. The molecule has 4 aliphatic rings. The van der Waals surface area contributed by atoms with Crippen molar-refractivity contribution in [2.75, 3.05) is 52.9 Å². The molecule has 4 heterocycles. The molecule has 0 bridgehead atoms. The molecule has 200 valence electrons. The maximum absolute atomic E-state index is 12.6. The van der Waals surface area contributed by atoms with Crippen molar-refractivity contribution in [1.29, 1.82) is 0 Å². The standard InChI is InChI=1S/C25H28O12/c26-21(17-1-5-30-9-17)34-13-25(14-35-22(27)18-2-6-31-10-18,15-36-23(28)19-3-7-32-11-19)16-37-24(29)20-4-8-33-12-20/h1-3,5-7,12,17-19H,4,8-11,13-16H2. The number of rotatable bonds is 12. The zero-order valence-electron chi connectivity index (χ0n) is 20.0. The minimum absolute atomic E-state index is 0.126. The molecule has 4 rings (SSSR count). The summed E-state index contributed by atoms with van der Waals surface area (Å²) in [4.78, 5) is 50.3. The molecule has 0 saturated carbocycles. The van der Waals surface area contributed by atoms with Gasteiger partial charge in [0.1, 0.15) is 69.4 Å². The molecule has 0 aromatic heterocycles. The van der Waals surface area contributed by atoms with Gasteiger partial charge in [-0.25, -0.2) is 4.79 Å². The van der Waals surface area contributed by atoms with Gasteiger partial charge in [-0.05, 0) is 18.2 Å². The lowest BCUT2D eigenvalue weighted by Gasteiger charge is -2.32. The molecular formula is C25H28O12. The molecule has 3 atom stereocenters. The topological polar surface area (TPSA) is 142 Å². The van der Waals surface area contributed by atoms with Crippen LogP contribution in [0, 0.1) is 23.2 Å². The molecule has 4 aliphatic heterocycles. The first-order chi connectivity index (χ1) is 18.0. The van der Waals surface area contributed by atoms with Crippen molar-refractivity contribution < 1.29 is 57.1 Å². The summed E-state index contributed by atoms with van der Waals surface area (Å²) < 4.78 is 42.3. The minimum Gasteiger partial charge on any atom is -0.500 e. The number of hydrogen-bond donors (Lipinski definition) is 0. The molecule has 37 heavy (non-hydrogen) atoms. The second-order valence-electron chi connectivity index (χ2n) is 8.97. The van der Waals surface area contributed by atoms with Crippen LogP contribution in [-0.2, 0) is 57.1 Å². The average molecular weight is 520 g/mol. The van der Waals surface area contributed by atoms with E-state index in [1.165, 1.54) is 25.0 Å². The van der Waals surface area contributed by atoms with Gasteiger partial charge in [-0.2, -0.15) is 0 Å². The van der Waals surface area contributed by atoms with Gasteiger partial charge in [0.2, 0.25) is 0 Å². The molecule has 0 aromatic carbocycles. The van der Waals surface area contributed by atoms with Crippen molar-refractivity contribution >= 4 is 23.9 Å². The Morgan fingerprint density at radius 3 is 1.46 bits per heavy atom. The average Bonchev–Trinajstić information content (AvgIpc) is 3.74. The summed E-state index contributed by atoms with van der Waals surface area (Å²) in [6.07, 6.45) is 10.5. The van der Waals surface area contributed by atoms with E-state index in [1.54, 1.807) is 18.2 Å². The Morgan fingerprint density at radius 2 is 1.11 bits per heavy atom. The van der Waals surface area contributed by atoms with E-state index in [9.17, 15) is 19.2 Å². The highest BCUT2D eigenvalue weighted by molar-refractivity contribution is 5.88. The molecule has 12 nitrogen and oxygen atoms in total. The largest absolute Gasteiger partial charge is 0.500 e. The number of ether oxygens (including phenoxy) is 8. The molecule has 0 N–H and O–H groups in total. The van der Waals surface area contributed by atoms with Gasteiger partial charge < -0.3 is 37.9 Å². The van der Waals surface area contributed by atoms with Crippen molar-refractivity contribution in [2.24, 2.45) is 23.2 Å². The van der Waals surface area contributed by atoms with Gasteiger partial charge in [-0.15, -0.1) is 0 Å². The van der Waals surface area contributed by atoms with Gasteiger partial charge in [-0.1, -0.05) is 0 Å². The van der Waals surface area contributed by atoms with E-state index in [2.05, 4.69) is 0 Å². The van der Waals surface area contributed by atoms with E-state index in [0.717, 1.165) is 0 Å². The number of carbonyl (C=O) groups excluding carboxylic acids is 4. The smallest absolute Gasteiger partial charge is 0.337 e. The van der Waals surface area contributed by atoms with Crippen molar-refractivity contribution in [1.82, 2.24) is 0 Å². The monoisotopic (exact) mass is 520 g/mol. The van der Waals surface area contributed by atoms with Gasteiger partial charge in [0.25, 0.3) is 0 Å². The van der Waals surface area contributed by atoms with E-state index in [4.69, 9.17) is 37.9 Å². The molecule has 0 radical (unpaired) electrons. The van der Waals surface area contributed by atoms with Crippen LogP contribution in [-0.4, -0.2) is 76.7 Å². The third-order valence-corrected chi connectivity index (χ3v) is 6.01. The Hall–Kier alpha value is -3.96. The van der Waals surface area contributed by atoms with E-state index in [1.807, 2.05) is 0 Å². The van der Waals surface area contributed by atoms with Crippen molar-refractivity contribution in [3.8, 4) is 0 Å². The molecule has 3 unspecified atom stereocenters.